The van der Waals surface area contributed by atoms with E-state index in [9.17, 15) is 9.59 Å². The smallest absolute Gasteiger partial charge is 0.329 e. The molecule has 33 heavy (non-hydrogen) atoms. The molecule has 3 heterocycles. The van der Waals surface area contributed by atoms with E-state index in [0.717, 1.165) is 43.3 Å². The van der Waals surface area contributed by atoms with Crippen molar-refractivity contribution in [2.75, 3.05) is 31.1 Å². The van der Waals surface area contributed by atoms with Crippen LogP contribution in [0.15, 0.2) is 64.2 Å². The predicted molar refractivity (Wildman–Crippen MR) is 130 cm³/mol. The van der Waals surface area contributed by atoms with E-state index in [-0.39, 0.29) is 0 Å². The quantitative estimate of drug-likeness (QED) is 0.491. The number of aromatic nitrogens is 4. The Hall–Kier alpha value is -3.36. The Morgan fingerprint density at radius 2 is 1.58 bits per heavy atom. The minimum atomic E-state index is -0.462. The number of piperazine rings is 1. The number of anilines is 1. The highest BCUT2D eigenvalue weighted by atomic mass is 35.5. The highest BCUT2D eigenvalue weighted by Crippen LogP contribution is 2.23. The zero-order valence-electron chi connectivity index (χ0n) is 18.4. The van der Waals surface area contributed by atoms with E-state index >= 15 is 0 Å². The van der Waals surface area contributed by atoms with E-state index in [1.807, 2.05) is 47.0 Å². The number of halogens is 1. The van der Waals surface area contributed by atoms with Crippen molar-refractivity contribution in [3.8, 4) is 0 Å². The molecule has 1 N–H and O–H groups in total. The van der Waals surface area contributed by atoms with Crippen molar-refractivity contribution < 1.29 is 0 Å². The van der Waals surface area contributed by atoms with Gasteiger partial charge in [-0.15, -0.1) is 0 Å². The van der Waals surface area contributed by atoms with Crippen molar-refractivity contribution in [3.05, 3.63) is 91.6 Å². The van der Waals surface area contributed by atoms with Crippen LogP contribution in [0, 0.1) is 0 Å². The van der Waals surface area contributed by atoms with Crippen LogP contribution in [0.5, 0.6) is 0 Å². The second-order valence-electron chi connectivity index (χ2n) is 8.36. The van der Waals surface area contributed by atoms with Crippen molar-refractivity contribution in [2.24, 2.45) is 7.05 Å². The van der Waals surface area contributed by atoms with E-state index < -0.39 is 11.2 Å². The summed E-state index contributed by atoms with van der Waals surface area (Å²) in [5, 5.41) is 0.741. The first-order chi connectivity index (χ1) is 16.0. The molecule has 1 aliphatic rings. The SMILES string of the molecule is Cn1c(=O)[nH]c(=O)c2c1nc(N1CCN(Cc3ccc(Cl)cc3)CC1)n2Cc1ccccc1. The van der Waals surface area contributed by atoms with Gasteiger partial charge in [-0.05, 0) is 23.3 Å². The van der Waals surface area contributed by atoms with Crippen molar-refractivity contribution in [1.29, 1.82) is 0 Å². The summed E-state index contributed by atoms with van der Waals surface area (Å²) >= 11 is 6.00. The molecule has 0 spiro atoms. The van der Waals surface area contributed by atoms with Crippen molar-refractivity contribution in [2.45, 2.75) is 13.1 Å². The van der Waals surface area contributed by atoms with Gasteiger partial charge in [0.2, 0.25) is 5.95 Å². The van der Waals surface area contributed by atoms with Crippen LogP contribution in [-0.2, 0) is 20.1 Å². The molecule has 0 saturated carbocycles. The summed E-state index contributed by atoms with van der Waals surface area (Å²) in [5.41, 5.74) is 2.23. The molecule has 1 saturated heterocycles. The fraction of sp³-hybridized carbons (Fsp3) is 0.292. The maximum absolute atomic E-state index is 12.8. The van der Waals surface area contributed by atoms with Crippen LogP contribution in [0.25, 0.3) is 11.2 Å². The number of hydrogen-bond acceptors (Lipinski definition) is 5. The summed E-state index contributed by atoms with van der Waals surface area (Å²) in [6, 6.07) is 17.9. The molecule has 4 aromatic rings. The number of H-pyrrole nitrogens is 1. The Bertz CT molecular complexity index is 1380. The number of imidazole rings is 1. The average molecular weight is 465 g/mol. The number of benzene rings is 2. The van der Waals surface area contributed by atoms with Crippen LogP contribution in [-0.4, -0.2) is 50.2 Å². The summed E-state index contributed by atoms with van der Waals surface area (Å²) in [5.74, 6) is 0.715. The van der Waals surface area contributed by atoms with E-state index in [2.05, 4.69) is 26.9 Å². The highest BCUT2D eigenvalue weighted by molar-refractivity contribution is 6.30. The Morgan fingerprint density at radius 3 is 2.27 bits per heavy atom. The van der Waals surface area contributed by atoms with Crippen molar-refractivity contribution >= 4 is 28.7 Å². The second-order valence-corrected chi connectivity index (χ2v) is 8.80. The highest BCUT2D eigenvalue weighted by Gasteiger charge is 2.25. The topological polar surface area (TPSA) is 79.2 Å². The van der Waals surface area contributed by atoms with Gasteiger partial charge in [-0.25, -0.2) is 4.79 Å². The normalized spacial score (nSPS) is 14.8. The van der Waals surface area contributed by atoms with E-state index in [1.54, 1.807) is 7.05 Å². The Kier molecular flexibility index (Phi) is 5.78. The Morgan fingerprint density at radius 1 is 0.909 bits per heavy atom. The fourth-order valence-corrected chi connectivity index (χ4v) is 4.46. The molecule has 9 heteroatoms. The molecular formula is C24H25ClN6O2. The molecule has 0 bridgehead atoms. The van der Waals surface area contributed by atoms with Gasteiger partial charge in [-0.1, -0.05) is 54.1 Å². The lowest BCUT2D eigenvalue weighted by molar-refractivity contribution is 0.248. The molecule has 0 radical (unpaired) electrons. The number of rotatable bonds is 5. The van der Waals surface area contributed by atoms with Gasteiger partial charge in [0.05, 0.1) is 6.54 Å². The third-order valence-corrected chi connectivity index (χ3v) is 6.40. The molecule has 0 amide bonds. The number of aromatic amines is 1. The number of fused-ring (bicyclic) bond motifs is 1. The minimum Gasteiger partial charge on any atom is -0.340 e. The van der Waals surface area contributed by atoms with Crippen LogP contribution in [0.4, 0.5) is 5.95 Å². The molecule has 170 valence electrons. The lowest BCUT2D eigenvalue weighted by Gasteiger charge is -2.35. The first kappa shape index (κ1) is 21.5. The number of nitrogens with one attached hydrogen (secondary N) is 1. The van der Waals surface area contributed by atoms with Crippen LogP contribution in [0.3, 0.4) is 0 Å². The maximum atomic E-state index is 12.8. The molecule has 0 atom stereocenters. The average Bonchev–Trinajstić information content (AvgIpc) is 3.20. The van der Waals surface area contributed by atoms with Gasteiger partial charge in [0.1, 0.15) is 0 Å². The number of hydrogen-bond donors (Lipinski definition) is 1. The molecule has 0 aliphatic carbocycles. The van der Waals surface area contributed by atoms with E-state index in [4.69, 9.17) is 16.6 Å². The molecule has 0 unspecified atom stereocenters. The van der Waals surface area contributed by atoms with Gasteiger partial charge >= 0.3 is 5.69 Å². The molecule has 1 aliphatic heterocycles. The van der Waals surface area contributed by atoms with Crippen molar-refractivity contribution in [1.82, 2.24) is 24.0 Å². The summed E-state index contributed by atoms with van der Waals surface area (Å²) in [4.78, 5) is 36.7. The summed E-state index contributed by atoms with van der Waals surface area (Å²) in [6.07, 6.45) is 0. The predicted octanol–water partition coefficient (Wildman–Crippen LogP) is 2.45. The lowest BCUT2D eigenvalue weighted by atomic mass is 10.2. The largest absolute Gasteiger partial charge is 0.340 e. The van der Waals surface area contributed by atoms with Gasteiger partial charge in [0.15, 0.2) is 11.2 Å². The van der Waals surface area contributed by atoms with Gasteiger partial charge < -0.3 is 4.90 Å². The molecule has 1 fully saturated rings. The zero-order valence-corrected chi connectivity index (χ0v) is 19.1. The first-order valence-electron chi connectivity index (χ1n) is 10.9. The van der Waals surface area contributed by atoms with Crippen molar-refractivity contribution in [3.63, 3.8) is 0 Å². The van der Waals surface area contributed by atoms with Crippen LogP contribution in [0.2, 0.25) is 5.02 Å². The third kappa shape index (κ3) is 4.31. The first-order valence-corrected chi connectivity index (χ1v) is 11.3. The monoisotopic (exact) mass is 464 g/mol. The number of aryl methyl sites for hydroxylation is 1. The van der Waals surface area contributed by atoms with Gasteiger partial charge in [-0.2, -0.15) is 4.98 Å². The van der Waals surface area contributed by atoms with Gasteiger partial charge in [0.25, 0.3) is 5.56 Å². The van der Waals surface area contributed by atoms with Crippen LogP contribution >= 0.6 is 11.6 Å². The van der Waals surface area contributed by atoms with E-state index in [0.29, 0.717) is 23.7 Å². The standard InChI is InChI=1S/C24H25ClN6O2/c1-28-21-20(22(32)27-24(28)33)31(16-17-5-3-2-4-6-17)23(26-21)30-13-11-29(12-14-30)15-18-7-9-19(25)10-8-18/h2-10H,11-16H2,1H3,(H,27,32,33). The fourth-order valence-electron chi connectivity index (χ4n) is 4.33. The van der Waals surface area contributed by atoms with Crippen LogP contribution in [0.1, 0.15) is 11.1 Å². The molecule has 2 aromatic heterocycles. The third-order valence-electron chi connectivity index (χ3n) is 6.15. The van der Waals surface area contributed by atoms with E-state index in [1.165, 1.54) is 10.1 Å². The molecular weight excluding hydrogens is 440 g/mol. The summed E-state index contributed by atoms with van der Waals surface area (Å²) in [7, 11) is 1.63. The lowest BCUT2D eigenvalue weighted by Crippen LogP contribution is -2.46. The van der Waals surface area contributed by atoms with Gasteiger partial charge in [-0.3, -0.25) is 23.8 Å². The Labute approximate surface area is 195 Å². The number of nitrogens with zero attached hydrogens (tertiary/aromatic N) is 5. The maximum Gasteiger partial charge on any atom is 0.329 e. The molecule has 2 aromatic carbocycles. The van der Waals surface area contributed by atoms with Gasteiger partial charge in [0, 0.05) is 44.8 Å². The Balaban J connectivity index is 1.45. The molecule has 5 rings (SSSR count). The minimum absolute atomic E-state index is 0.401. The molecule has 8 nitrogen and oxygen atoms in total. The second kappa shape index (κ2) is 8.88. The summed E-state index contributed by atoms with van der Waals surface area (Å²) < 4.78 is 3.33. The summed E-state index contributed by atoms with van der Waals surface area (Å²) in [6.45, 7) is 4.65. The van der Waals surface area contributed by atoms with Crippen LogP contribution < -0.4 is 16.1 Å². The zero-order chi connectivity index (χ0) is 22.9.